The third-order valence-corrected chi connectivity index (χ3v) is 3.31. The SMILES string of the molecule is CC(C)Cn1ccnc1NC(=O)C1CCNCC1(F)F.Cl. The van der Waals surface area contributed by atoms with E-state index in [1.807, 2.05) is 13.8 Å². The van der Waals surface area contributed by atoms with E-state index in [1.165, 1.54) is 0 Å². The number of amides is 1. The number of piperidine rings is 1. The van der Waals surface area contributed by atoms with Gasteiger partial charge in [-0.15, -0.1) is 12.4 Å². The van der Waals surface area contributed by atoms with Crippen molar-refractivity contribution in [3.05, 3.63) is 12.4 Å². The first-order valence-electron chi connectivity index (χ1n) is 6.80. The molecular formula is C13H21ClF2N4O. The summed E-state index contributed by atoms with van der Waals surface area (Å²) < 4.78 is 29.2. The molecule has 1 aliphatic rings. The summed E-state index contributed by atoms with van der Waals surface area (Å²) in [6.45, 7) is 4.72. The molecule has 5 nitrogen and oxygen atoms in total. The van der Waals surface area contributed by atoms with Gasteiger partial charge in [0.2, 0.25) is 11.9 Å². The predicted molar refractivity (Wildman–Crippen MR) is 78.9 cm³/mol. The Morgan fingerprint density at radius 2 is 2.33 bits per heavy atom. The molecule has 0 aliphatic carbocycles. The zero-order valence-corrected chi connectivity index (χ0v) is 12.9. The Hall–Kier alpha value is -1.21. The number of hydrogen-bond donors (Lipinski definition) is 2. The Balaban J connectivity index is 0.00000220. The molecule has 0 saturated carbocycles. The van der Waals surface area contributed by atoms with Crippen LogP contribution < -0.4 is 10.6 Å². The zero-order chi connectivity index (χ0) is 14.8. The summed E-state index contributed by atoms with van der Waals surface area (Å²) in [7, 11) is 0. The number of hydrogen-bond acceptors (Lipinski definition) is 3. The normalized spacial score (nSPS) is 20.9. The average molecular weight is 323 g/mol. The van der Waals surface area contributed by atoms with Crippen LogP contribution in [0.25, 0.3) is 0 Å². The number of alkyl halides is 2. The first kappa shape index (κ1) is 17.8. The van der Waals surface area contributed by atoms with Gasteiger partial charge in [0.25, 0.3) is 5.92 Å². The van der Waals surface area contributed by atoms with Gasteiger partial charge in [0.1, 0.15) is 5.92 Å². The number of carbonyl (C=O) groups excluding carboxylic acids is 1. The highest BCUT2D eigenvalue weighted by Gasteiger charge is 2.46. The lowest BCUT2D eigenvalue weighted by Gasteiger charge is -2.30. The summed E-state index contributed by atoms with van der Waals surface area (Å²) in [5.41, 5.74) is 0. The first-order chi connectivity index (χ1) is 9.40. The van der Waals surface area contributed by atoms with Gasteiger partial charge in [-0.3, -0.25) is 10.1 Å². The van der Waals surface area contributed by atoms with Crippen LogP contribution in [0.15, 0.2) is 12.4 Å². The number of imidazole rings is 1. The van der Waals surface area contributed by atoms with E-state index in [-0.39, 0.29) is 18.8 Å². The van der Waals surface area contributed by atoms with Crippen molar-refractivity contribution in [3.8, 4) is 0 Å². The summed E-state index contributed by atoms with van der Waals surface area (Å²) in [6.07, 6.45) is 3.42. The van der Waals surface area contributed by atoms with Gasteiger partial charge >= 0.3 is 0 Å². The third-order valence-electron chi connectivity index (χ3n) is 3.31. The van der Waals surface area contributed by atoms with E-state index >= 15 is 0 Å². The van der Waals surface area contributed by atoms with Crippen molar-refractivity contribution >= 4 is 24.3 Å². The lowest BCUT2D eigenvalue weighted by atomic mass is 9.93. The van der Waals surface area contributed by atoms with Gasteiger partial charge in [-0.1, -0.05) is 13.8 Å². The Kier molecular flexibility index (Phi) is 6.10. The molecule has 1 unspecified atom stereocenters. The summed E-state index contributed by atoms with van der Waals surface area (Å²) >= 11 is 0. The van der Waals surface area contributed by atoms with E-state index in [0.717, 1.165) is 0 Å². The van der Waals surface area contributed by atoms with Crippen molar-refractivity contribution in [3.63, 3.8) is 0 Å². The molecular weight excluding hydrogens is 302 g/mol. The van der Waals surface area contributed by atoms with Crippen molar-refractivity contribution in [1.82, 2.24) is 14.9 Å². The highest BCUT2D eigenvalue weighted by Crippen LogP contribution is 2.30. The molecule has 120 valence electrons. The maximum atomic E-state index is 13.7. The van der Waals surface area contributed by atoms with E-state index in [9.17, 15) is 13.6 Å². The topological polar surface area (TPSA) is 59.0 Å². The van der Waals surface area contributed by atoms with Gasteiger partial charge in [0.15, 0.2) is 0 Å². The highest BCUT2D eigenvalue weighted by molar-refractivity contribution is 5.91. The standard InChI is InChI=1S/C13H20F2N4O.ClH/c1-9(2)7-19-6-5-17-12(19)18-11(20)10-3-4-16-8-13(10,14)15;/h5-6,9-10,16H,3-4,7-8H2,1-2H3,(H,17,18,20);1H. The smallest absolute Gasteiger partial charge is 0.271 e. The number of rotatable bonds is 4. The van der Waals surface area contributed by atoms with Gasteiger partial charge < -0.3 is 9.88 Å². The van der Waals surface area contributed by atoms with Crippen LogP contribution in [-0.2, 0) is 11.3 Å². The second-order valence-electron chi connectivity index (χ2n) is 5.57. The Bertz CT molecular complexity index is 478. The second-order valence-corrected chi connectivity index (χ2v) is 5.57. The van der Waals surface area contributed by atoms with E-state index < -0.39 is 24.3 Å². The Labute approximate surface area is 128 Å². The van der Waals surface area contributed by atoms with Gasteiger partial charge in [0.05, 0.1) is 6.54 Å². The van der Waals surface area contributed by atoms with Crippen LogP contribution in [0.4, 0.5) is 14.7 Å². The summed E-state index contributed by atoms with van der Waals surface area (Å²) in [5, 5.41) is 5.13. The lowest BCUT2D eigenvalue weighted by molar-refractivity contribution is -0.137. The van der Waals surface area contributed by atoms with E-state index in [0.29, 0.717) is 25.0 Å². The molecule has 0 spiro atoms. The minimum atomic E-state index is -3.02. The number of anilines is 1. The van der Waals surface area contributed by atoms with Crippen LogP contribution in [0.3, 0.4) is 0 Å². The van der Waals surface area contributed by atoms with Crippen molar-refractivity contribution in [2.24, 2.45) is 11.8 Å². The number of carbonyl (C=O) groups is 1. The average Bonchev–Trinajstić information content (AvgIpc) is 2.75. The number of nitrogens with one attached hydrogen (secondary N) is 2. The third kappa shape index (κ3) is 4.38. The molecule has 1 amide bonds. The van der Waals surface area contributed by atoms with Crippen molar-refractivity contribution < 1.29 is 13.6 Å². The zero-order valence-electron chi connectivity index (χ0n) is 12.1. The monoisotopic (exact) mass is 322 g/mol. The van der Waals surface area contributed by atoms with Gasteiger partial charge in [-0.25, -0.2) is 13.8 Å². The summed E-state index contributed by atoms with van der Waals surface area (Å²) in [4.78, 5) is 16.1. The van der Waals surface area contributed by atoms with Crippen molar-refractivity contribution in [2.75, 3.05) is 18.4 Å². The van der Waals surface area contributed by atoms with E-state index in [1.54, 1.807) is 17.0 Å². The molecule has 1 aromatic rings. The molecule has 1 fully saturated rings. The van der Waals surface area contributed by atoms with Crippen molar-refractivity contribution in [2.45, 2.75) is 32.7 Å². The fourth-order valence-electron chi connectivity index (χ4n) is 2.33. The fraction of sp³-hybridized carbons (Fsp3) is 0.692. The molecule has 1 saturated heterocycles. The van der Waals surface area contributed by atoms with Crippen LogP contribution >= 0.6 is 12.4 Å². The number of aromatic nitrogens is 2. The van der Waals surface area contributed by atoms with Gasteiger partial charge in [0, 0.05) is 18.9 Å². The number of nitrogens with zero attached hydrogens (tertiary/aromatic N) is 2. The first-order valence-corrected chi connectivity index (χ1v) is 6.80. The van der Waals surface area contributed by atoms with Crippen LogP contribution in [0.5, 0.6) is 0 Å². The van der Waals surface area contributed by atoms with Crippen LogP contribution in [0.2, 0.25) is 0 Å². The minimum absolute atomic E-state index is 0. The second kappa shape index (κ2) is 7.17. The molecule has 0 radical (unpaired) electrons. The molecule has 0 aromatic carbocycles. The highest BCUT2D eigenvalue weighted by atomic mass is 35.5. The van der Waals surface area contributed by atoms with Gasteiger partial charge in [-0.05, 0) is 18.9 Å². The summed E-state index contributed by atoms with van der Waals surface area (Å²) in [5.74, 6) is -4.27. The fourth-order valence-corrected chi connectivity index (χ4v) is 2.33. The molecule has 0 bridgehead atoms. The summed E-state index contributed by atoms with van der Waals surface area (Å²) in [6, 6.07) is 0. The molecule has 2 rings (SSSR count). The van der Waals surface area contributed by atoms with Gasteiger partial charge in [-0.2, -0.15) is 0 Å². The maximum Gasteiger partial charge on any atom is 0.271 e. The Morgan fingerprint density at radius 3 is 2.95 bits per heavy atom. The maximum absolute atomic E-state index is 13.7. The molecule has 21 heavy (non-hydrogen) atoms. The molecule has 2 N–H and O–H groups in total. The minimum Gasteiger partial charge on any atom is -0.317 e. The predicted octanol–water partition coefficient (Wildman–Crippen LogP) is 2.14. The van der Waals surface area contributed by atoms with Crippen molar-refractivity contribution in [1.29, 1.82) is 0 Å². The largest absolute Gasteiger partial charge is 0.317 e. The molecule has 1 atom stereocenters. The molecule has 1 aromatic heterocycles. The molecule has 8 heteroatoms. The van der Waals surface area contributed by atoms with Crippen LogP contribution in [0.1, 0.15) is 20.3 Å². The number of halogens is 3. The quantitative estimate of drug-likeness (QED) is 0.893. The van der Waals surface area contributed by atoms with E-state index in [2.05, 4.69) is 15.6 Å². The molecule has 2 heterocycles. The Morgan fingerprint density at radius 1 is 1.62 bits per heavy atom. The van der Waals surface area contributed by atoms with E-state index in [4.69, 9.17) is 0 Å². The lowest BCUT2D eigenvalue weighted by Crippen LogP contribution is -2.50. The molecule has 1 aliphatic heterocycles. The van der Waals surface area contributed by atoms with Crippen LogP contribution in [0, 0.1) is 11.8 Å². The van der Waals surface area contributed by atoms with Crippen LogP contribution in [-0.4, -0.2) is 34.5 Å².